The number of nitrogens with one attached hydrogen (secondary N) is 1. The lowest BCUT2D eigenvalue weighted by atomic mass is 9.97. The van der Waals surface area contributed by atoms with Gasteiger partial charge in [-0.1, -0.05) is 18.2 Å². The quantitative estimate of drug-likeness (QED) is 0.814. The van der Waals surface area contributed by atoms with Crippen molar-refractivity contribution in [2.45, 2.75) is 25.8 Å². The lowest BCUT2D eigenvalue weighted by Crippen LogP contribution is -2.48. The molecule has 0 bridgehead atoms. The molecule has 2 N–H and O–H groups in total. The fourth-order valence-corrected chi connectivity index (χ4v) is 3.20. The van der Waals surface area contributed by atoms with Crippen molar-refractivity contribution in [1.82, 2.24) is 4.90 Å². The Morgan fingerprint density at radius 2 is 1.78 bits per heavy atom. The van der Waals surface area contributed by atoms with E-state index in [2.05, 4.69) is 5.32 Å². The summed E-state index contributed by atoms with van der Waals surface area (Å²) in [7, 11) is 0. The van der Waals surface area contributed by atoms with Crippen LogP contribution in [-0.4, -0.2) is 41.0 Å². The molecule has 0 aromatic heterocycles. The highest BCUT2D eigenvalue weighted by molar-refractivity contribution is 5.94. The number of aliphatic carboxylic acids is 1. The number of carbonyl (C=O) groups is 2. The summed E-state index contributed by atoms with van der Waals surface area (Å²) in [6, 6.07) is 16.3. The predicted octanol–water partition coefficient (Wildman–Crippen LogP) is 3.60. The Morgan fingerprint density at radius 1 is 1.11 bits per heavy atom. The maximum atomic E-state index is 12.5. The van der Waals surface area contributed by atoms with Gasteiger partial charge in [-0.15, -0.1) is 0 Å². The Bertz CT molecular complexity index is 777. The number of carbonyl (C=O) groups excluding carboxylic acids is 1. The molecule has 1 aliphatic rings. The van der Waals surface area contributed by atoms with E-state index in [0.717, 1.165) is 18.7 Å². The predicted molar refractivity (Wildman–Crippen MR) is 103 cm³/mol. The van der Waals surface area contributed by atoms with Crippen molar-refractivity contribution in [3.8, 4) is 11.5 Å². The average Bonchev–Trinajstić information content (AvgIpc) is 2.69. The zero-order valence-electron chi connectivity index (χ0n) is 15.3. The second kappa shape index (κ2) is 8.68. The molecular formula is C21H24N2O4. The minimum absolute atomic E-state index is 0.141. The first kappa shape index (κ1) is 18.9. The van der Waals surface area contributed by atoms with Crippen molar-refractivity contribution in [2.24, 2.45) is 5.92 Å². The van der Waals surface area contributed by atoms with Gasteiger partial charge in [0.15, 0.2) is 0 Å². The van der Waals surface area contributed by atoms with E-state index in [1.807, 2.05) is 42.2 Å². The Kier molecular flexibility index (Phi) is 6.08. The molecule has 1 aliphatic heterocycles. The third kappa shape index (κ3) is 5.08. The Labute approximate surface area is 158 Å². The number of piperidine rings is 1. The van der Waals surface area contributed by atoms with E-state index in [1.165, 1.54) is 0 Å². The second-order valence-corrected chi connectivity index (χ2v) is 6.78. The van der Waals surface area contributed by atoms with Gasteiger partial charge in [0.05, 0.1) is 12.0 Å². The Morgan fingerprint density at radius 3 is 2.44 bits per heavy atom. The molecule has 2 aromatic rings. The van der Waals surface area contributed by atoms with Gasteiger partial charge in [0.25, 0.3) is 0 Å². The van der Waals surface area contributed by atoms with E-state index in [0.29, 0.717) is 24.4 Å². The van der Waals surface area contributed by atoms with Crippen molar-refractivity contribution >= 4 is 17.6 Å². The number of hydrogen-bond acceptors (Lipinski definition) is 4. The number of carboxylic acids is 1. The molecule has 1 saturated heterocycles. The Hall–Kier alpha value is -2.86. The summed E-state index contributed by atoms with van der Waals surface area (Å²) >= 11 is 0. The van der Waals surface area contributed by atoms with Crippen LogP contribution in [0.3, 0.4) is 0 Å². The monoisotopic (exact) mass is 368 g/mol. The van der Waals surface area contributed by atoms with Crippen molar-refractivity contribution in [3.63, 3.8) is 0 Å². The first-order chi connectivity index (χ1) is 13.0. The van der Waals surface area contributed by atoms with Gasteiger partial charge in [-0.2, -0.15) is 0 Å². The first-order valence-corrected chi connectivity index (χ1v) is 9.13. The molecule has 1 heterocycles. The fourth-order valence-electron chi connectivity index (χ4n) is 3.20. The third-order valence-electron chi connectivity index (χ3n) is 4.83. The largest absolute Gasteiger partial charge is 0.481 e. The van der Waals surface area contributed by atoms with Crippen LogP contribution in [0.15, 0.2) is 54.6 Å². The van der Waals surface area contributed by atoms with E-state index in [4.69, 9.17) is 4.74 Å². The van der Waals surface area contributed by atoms with Gasteiger partial charge >= 0.3 is 5.97 Å². The fraction of sp³-hybridized carbons (Fsp3) is 0.333. The van der Waals surface area contributed by atoms with E-state index in [-0.39, 0.29) is 11.9 Å². The molecular weight excluding hydrogens is 344 g/mol. The molecule has 2 aromatic carbocycles. The number of ether oxygens (including phenoxy) is 1. The molecule has 0 aliphatic carbocycles. The topological polar surface area (TPSA) is 78.9 Å². The number of benzene rings is 2. The van der Waals surface area contributed by atoms with Crippen molar-refractivity contribution in [3.05, 3.63) is 54.6 Å². The Balaban J connectivity index is 1.56. The molecule has 142 valence electrons. The molecule has 2 atom stereocenters. The number of hydrogen-bond donors (Lipinski definition) is 2. The smallest absolute Gasteiger partial charge is 0.307 e. The van der Waals surface area contributed by atoms with Gasteiger partial charge in [-0.05, 0) is 62.7 Å². The summed E-state index contributed by atoms with van der Waals surface area (Å²) in [5, 5.41) is 12.1. The number of carboxylic acid groups (broad SMARTS) is 1. The molecule has 3 rings (SSSR count). The SMILES string of the molecule is CC(C(=O)Nc1ccc(Oc2ccccc2)cc1)N1CCCC(C(=O)O)C1. The van der Waals surface area contributed by atoms with Crippen LogP contribution < -0.4 is 10.1 Å². The molecule has 0 radical (unpaired) electrons. The van der Waals surface area contributed by atoms with E-state index < -0.39 is 11.9 Å². The first-order valence-electron chi connectivity index (χ1n) is 9.13. The van der Waals surface area contributed by atoms with Gasteiger partial charge in [0.2, 0.25) is 5.91 Å². The van der Waals surface area contributed by atoms with Gasteiger partial charge in [0, 0.05) is 12.2 Å². The molecule has 6 heteroatoms. The number of nitrogens with zero attached hydrogens (tertiary/aromatic N) is 1. The lowest BCUT2D eigenvalue weighted by Gasteiger charge is -2.34. The molecule has 1 fully saturated rings. The molecule has 6 nitrogen and oxygen atoms in total. The maximum Gasteiger partial charge on any atom is 0.307 e. The standard InChI is InChI=1S/C21H24N2O4/c1-15(23-13-5-6-16(14-23)21(25)26)20(24)22-17-9-11-19(12-10-17)27-18-7-3-2-4-8-18/h2-4,7-12,15-16H,5-6,13-14H2,1H3,(H,22,24)(H,25,26). The third-order valence-corrected chi connectivity index (χ3v) is 4.83. The maximum absolute atomic E-state index is 12.5. The van der Waals surface area contributed by atoms with Gasteiger partial charge in [-0.25, -0.2) is 0 Å². The highest BCUT2D eigenvalue weighted by Crippen LogP contribution is 2.23. The number of amides is 1. The van der Waals surface area contributed by atoms with Crippen LogP contribution in [0.25, 0.3) is 0 Å². The summed E-state index contributed by atoms with van der Waals surface area (Å²) in [5.74, 6) is 0.107. The van der Waals surface area contributed by atoms with Crippen LogP contribution in [-0.2, 0) is 9.59 Å². The highest BCUT2D eigenvalue weighted by atomic mass is 16.5. The molecule has 0 spiro atoms. The summed E-state index contributed by atoms with van der Waals surface area (Å²) in [6.07, 6.45) is 1.46. The minimum Gasteiger partial charge on any atom is -0.481 e. The molecule has 27 heavy (non-hydrogen) atoms. The molecule has 0 saturated carbocycles. The molecule has 1 amide bonds. The van der Waals surface area contributed by atoms with Crippen molar-refractivity contribution in [1.29, 1.82) is 0 Å². The van der Waals surface area contributed by atoms with Crippen LogP contribution in [0.4, 0.5) is 5.69 Å². The minimum atomic E-state index is -0.790. The number of likely N-dealkylation sites (tertiary alicyclic amines) is 1. The summed E-state index contributed by atoms with van der Waals surface area (Å²) < 4.78 is 5.74. The normalized spacial score (nSPS) is 18.5. The van der Waals surface area contributed by atoms with Crippen molar-refractivity contribution in [2.75, 3.05) is 18.4 Å². The average molecular weight is 368 g/mol. The summed E-state index contributed by atoms with van der Waals surface area (Å²) in [6.45, 7) is 2.96. The highest BCUT2D eigenvalue weighted by Gasteiger charge is 2.30. The zero-order valence-corrected chi connectivity index (χ0v) is 15.3. The van der Waals surface area contributed by atoms with E-state index in [1.54, 1.807) is 24.3 Å². The van der Waals surface area contributed by atoms with Gasteiger partial charge in [0.1, 0.15) is 11.5 Å². The van der Waals surface area contributed by atoms with Crippen LogP contribution in [0.1, 0.15) is 19.8 Å². The van der Waals surface area contributed by atoms with E-state index >= 15 is 0 Å². The molecule has 2 unspecified atom stereocenters. The van der Waals surface area contributed by atoms with Gasteiger partial charge in [-0.3, -0.25) is 14.5 Å². The summed E-state index contributed by atoms with van der Waals surface area (Å²) in [4.78, 5) is 25.7. The second-order valence-electron chi connectivity index (χ2n) is 6.78. The van der Waals surface area contributed by atoms with Crippen LogP contribution in [0.2, 0.25) is 0 Å². The summed E-state index contributed by atoms with van der Waals surface area (Å²) in [5.41, 5.74) is 0.680. The zero-order chi connectivity index (χ0) is 19.2. The van der Waals surface area contributed by atoms with Crippen LogP contribution in [0, 0.1) is 5.92 Å². The van der Waals surface area contributed by atoms with E-state index in [9.17, 15) is 14.7 Å². The van der Waals surface area contributed by atoms with Crippen LogP contribution >= 0.6 is 0 Å². The van der Waals surface area contributed by atoms with Gasteiger partial charge < -0.3 is 15.2 Å². The number of rotatable bonds is 6. The van der Waals surface area contributed by atoms with Crippen LogP contribution in [0.5, 0.6) is 11.5 Å². The lowest BCUT2D eigenvalue weighted by molar-refractivity contribution is -0.144. The number of anilines is 1. The van der Waals surface area contributed by atoms with Crippen molar-refractivity contribution < 1.29 is 19.4 Å². The number of para-hydroxylation sites is 1.